The zero-order valence-electron chi connectivity index (χ0n) is 16.2. The van der Waals surface area contributed by atoms with Gasteiger partial charge in [-0.15, -0.1) is 0 Å². The van der Waals surface area contributed by atoms with E-state index in [0.717, 1.165) is 38.1 Å². The van der Waals surface area contributed by atoms with Crippen LogP contribution in [0.25, 0.3) is 16.5 Å². The molecule has 1 fully saturated rings. The highest BCUT2D eigenvalue weighted by Gasteiger charge is 2.31. The Labute approximate surface area is 164 Å². The number of nitro benzene ring substituents is 1. The molecule has 1 aliphatic heterocycles. The van der Waals surface area contributed by atoms with Crippen LogP contribution in [0.3, 0.4) is 0 Å². The molecule has 0 atom stereocenters. The molecule has 0 amide bonds. The van der Waals surface area contributed by atoms with E-state index in [1.807, 2.05) is 0 Å². The molecule has 0 spiro atoms. The largest absolute Gasteiger partial charge is 0.420 e. The van der Waals surface area contributed by atoms with Crippen LogP contribution in [-0.4, -0.2) is 33.5 Å². The standard InChI is InChI=1S/C20H21N3O6/c1-12(2)21-10-8-13(9-11-21)19-20-18-14(4-3-5-15(18)23(26)27)22(19)29-17(25)7-6-16(24)28-20/h3-7,12-13H,8-11H2,1-2H3. The van der Waals surface area contributed by atoms with E-state index in [1.165, 1.54) is 16.7 Å². The lowest BCUT2D eigenvalue weighted by atomic mass is 9.92. The highest BCUT2D eigenvalue weighted by atomic mass is 16.6. The van der Waals surface area contributed by atoms with Gasteiger partial charge in [-0.3, -0.25) is 10.1 Å². The summed E-state index contributed by atoms with van der Waals surface area (Å²) in [6.07, 6.45) is 1.50. The Bertz CT molecular complexity index is 1230. The number of non-ortho nitro benzene ring substituents is 1. The average Bonchev–Trinajstić information content (AvgIpc) is 3.01. The second kappa shape index (κ2) is 7.32. The minimum absolute atomic E-state index is 0.0781. The Morgan fingerprint density at radius 2 is 1.79 bits per heavy atom. The molecule has 1 saturated heterocycles. The molecule has 2 bridgehead atoms. The van der Waals surface area contributed by atoms with E-state index in [2.05, 4.69) is 18.7 Å². The number of benzene rings is 1. The number of aromatic nitrogens is 1. The SMILES string of the molecule is CC(C)N1CCC(c2c3oc(=O)ccc(=O)on2c2cccc([N+](=O)[O-])c32)CC1. The molecular formula is C20H21N3O6. The molecule has 0 N–H and O–H groups in total. The predicted octanol–water partition coefficient (Wildman–Crippen LogP) is 3.06. The number of nitrogens with zero attached hydrogens (tertiary/aromatic N) is 3. The van der Waals surface area contributed by atoms with Crippen LogP contribution < -0.4 is 11.3 Å². The first-order chi connectivity index (χ1) is 13.9. The third-order valence-electron chi connectivity index (χ3n) is 5.50. The lowest BCUT2D eigenvalue weighted by Gasteiger charge is -2.34. The Hall–Kier alpha value is -3.20. The summed E-state index contributed by atoms with van der Waals surface area (Å²) < 4.78 is 12.3. The number of piperidine rings is 1. The first-order valence-corrected chi connectivity index (χ1v) is 9.54. The molecule has 0 saturated carbocycles. The number of hydrogen-bond acceptors (Lipinski definition) is 7. The maximum Gasteiger partial charge on any atom is 0.356 e. The van der Waals surface area contributed by atoms with Gasteiger partial charge in [-0.25, -0.2) is 9.59 Å². The van der Waals surface area contributed by atoms with Crippen LogP contribution >= 0.6 is 0 Å². The van der Waals surface area contributed by atoms with E-state index < -0.39 is 16.2 Å². The summed E-state index contributed by atoms with van der Waals surface area (Å²) in [5, 5.41) is 11.8. The maximum atomic E-state index is 12.2. The lowest BCUT2D eigenvalue weighted by Crippen LogP contribution is -2.38. The first kappa shape index (κ1) is 19.1. The summed E-state index contributed by atoms with van der Waals surface area (Å²) in [5.41, 5.74) is -0.818. The minimum atomic E-state index is -0.776. The summed E-state index contributed by atoms with van der Waals surface area (Å²) in [6, 6.07) is 6.83. The third kappa shape index (κ3) is 3.38. The Balaban J connectivity index is 2.08. The Morgan fingerprint density at radius 1 is 1.10 bits per heavy atom. The molecule has 0 radical (unpaired) electrons. The van der Waals surface area contributed by atoms with Gasteiger partial charge in [-0.1, -0.05) is 6.07 Å². The molecule has 4 rings (SSSR count). The van der Waals surface area contributed by atoms with E-state index in [0.29, 0.717) is 17.3 Å². The number of nitro groups is 1. The van der Waals surface area contributed by atoms with Crippen molar-refractivity contribution < 1.29 is 13.9 Å². The second-order valence-corrected chi connectivity index (χ2v) is 7.51. The zero-order valence-corrected chi connectivity index (χ0v) is 16.2. The minimum Gasteiger partial charge on any atom is -0.420 e. The van der Waals surface area contributed by atoms with Crippen molar-refractivity contribution in [3.05, 3.63) is 67.0 Å². The smallest absolute Gasteiger partial charge is 0.356 e. The summed E-state index contributed by atoms with van der Waals surface area (Å²) in [4.78, 5) is 37.9. The predicted molar refractivity (Wildman–Crippen MR) is 106 cm³/mol. The molecule has 9 heteroatoms. The van der Waals surface area contributed by atoms with Gasteiger partial charge in [0.25, 0.3) is 5.69 Å². The quantitative estimate of drug-likeness (QED) is 0.491. The van der Waals surface area contributed by atoms with Crippen molar-refractivity contribution in [3.8, 4) is 0 Å². The number of fused-ring (bicyclic) bond motifs is 5. The third-order valence-corrected chi connectivity index (χ3v) is 5.50. The molecule has 3 aromatic rings. The van der Waals surface area contributed by atoms with Gasteiger partial charge in [0.1, 0.15) is 11.1 Å². The molecule has 2 aromatic heterocycles. The zero-order chi connectivity index (χ0) is 20.7. The maximum absolute atomic E-state index is 12.2. The fraction of sp³-hybridized carbons (Fsp3) is 0.400. The van der Waals surface area contributed by atoms with Crippen molar-refractivity contribution in [3.63, 3.8) is 0 Å². The fourth-order valence-corrected chi connectivity index (χ4v) is 4.07. The molecule has 1 aromatic carbocycles. The van der Waals surface area contributed by atoms with E-state index >= 15 is 0 Å². The van der Waals surface area contributed by atoms with Crippen LogP contribution in [0.1, 0.15) is 38.3 Å². The summed E-state index contributed by atoms with van der Waals surface area (Å²) >= 11 is 0. The Morgan fingerprint density at radius 3 is 2.45 bits per heavy atom. The highest BCUT2D eigenvalue weighted by molar-refractivity contribution is 6.02. The number of likely N-dealkylation sites (tertiary alicyclic amines) is 1. The normalized spacial score (nSPS) is 16.0. The van der Waals surface area contributed by atoms with Gasteiger partial charge in [-0.2, -0.15) is 4.57 Å². The van der Waals surface area contributed by atoms with Crippen LogP contribution in [-0.2, 0) is 0 Å². The molecule has 152 valence electrons. The van der Waals surface area contributed by atoms with Crippen LogP contribution in [0.2, 0.25) is 0 Å². The van der Waals surface area contributed by atoms with E-state index in [-0.39, 0.29) is 22.6 Å². The summed E-state index contributed by atoms with van der Waals surface area (Å²) in [6.45, 7) is 5.91. The lowest BCUT2D eigenvalue weighted by molar-refractivity contribution is -0.383. The van der Waals surface area contributed by atoms with Gasteiger partial charge < -0.3 is 13.8 Å². The van der Waals surface area contributed by atoms with Crippen LogP contribution in [0.4, 0.5) is 5.69 Å². The molecule has 1 aliphatic rings. The summed E-state index contributed by atoms with van der Waals surface area (Å²) in [7, 11) is 0. The van der Waals surface area contributed by atoms with Crippen LogP contribution in [0, 0.1) is 10.1 Å². The van der Waals surface area contributed by atoms with Crippen LogP contribution in [0.5, 0.6) is 0 Å². The van der Waals surface area contributed by atoms with Gasteiger partial charge in [-0.05, 0) is 45.8 Å². The van der Waals surface area contributed by atoms with Crippen molar-refractivity contribution in [2.24, 2.45) is 0 Å². The van der Waals surface area contributed by atoms with Gasteiger partial charge in [0.2, 0.25) is 0 Å². The van der Waals surface area contributed by atoms with Gasteiger partial charge in [0.15, 0.2) is 5.58 Å². The molecule has 9 nitrogen and oxygen atoms in total. The van der Waals surface area contributed by atoms with Gasteiger partial charge in [0, 0.05) is 30.2 Å². The second-order valence-electron chi connectivity index (χ2n) is 7.51. The molecular weight excluding hydrogens is 378 g/mol. The van der Waals surface area contributed by atoms with E-state index in [4.69, 9.17) is 8.94 Å². The molecule has 29 heavy (non-hydrogen) atoms. The van der Waals surface area contributed by atoms with Crippen molar-refractivity contribution in [1.29, 1.82) is 0 Å². The Kier molecular flexibility index (Phi) is 4.83. The molecule has 3 heterocycles. The first-order valence-electron chi connectivity index (χ1n) is 9.54. The van der Waals surface area contributed by atoms with E-state index in [9.17, 15) is 19.7 Å². The summed E-state index contributed by atoms with van der Waals surface area (Å²) in [5.74, 6) is -0.0781. The number of rotatable bonds is 3. The van der Waals surface area contributed by atoms with Gasteiger partial charge in [0.05, 0.1) is 10.4 Å². The highest BCUT2D eigenvalue weighted by Crippen LogP contribution is 2.39. The average molecular weight is 399 g/mol. The van der Waals surface area contributed by atoms with Gasteiger partial charge >= 0.3 is 11.3 Å². The molecule has 0 unspecified atom stereocenters. The number of hydrogen-bond donors (Lipinski definition) is 0. The van der Waals surface area contributed by atoms with Crippen molar-refractivity contribution in [2.75, 3.05) is 13.1 Å². The monoisotopic (exact) mass is 399 g/mol. The topological polar surface area (TPSA) is 111 Å². The molecule has 0 aliphatic carbocycles. The van der Waals surface area contributed by atoms with E-state index in [1.54, 1.807) is 6.07 Å². The van der Waals surface area contributed by atoms with Crippen molar-refractivity contribution in [1.82, 2.24) is 9.47 Å². The fourth-order valence-electron chi connectivity index (χ4n) is 4.07. The van der Waals surface area contributed by atoms with Crippen LogP contribution in [0.15, 0.2) is 48.9 Å². The van der Waals surface area contributed by atoms with Crippen molar-refractivity contribution in [2.45, 2.75) is 38.6 Å². The van der Waals surface area contributed by atoms with Crippen molar-refractivity contribution >= 4 is 22.2 Å².